The van der Waals surface area contributed by atoms with Crippen LogP contribution in [0, 0.1) is 5.92 Å². The minimum absolute atomic E-state index is 0.104. The molecule has 0 amide bonds. The number of rotatable bonds is 1. The molecule has 1 saturated carbocycles. The van der Waals surface area contributed by atoms with Gasteiger partial charge in [-0.25, -0.2) is 9.50 Å². The van der Waals surface area contributed by atoms with E-state index in [1.807, 2.05) is 0 Å². The van der Waals surface area contributed by atoms with Gasteiger partial charge in [-0.05, 0) is 18.4 Å². The predicted molar refractivity (Wildman–Crippen MR) is 54.9 cm³/mol. The molecule has 7 heteroatoms. The lowest BCUT2D eigenvalue weighted by Gasteiger charge is -2.06. The van der Waals surface area contributed by atoms with E-state index in [1.165, 1.54) is 16.8 Å². The van der Waals surface area contributed by atoms with E-state index in [4.69, 9.17) is 11.6 Å². The summed E-state index contributed by atoms with van der Waals surface area (Å²) in [5.41, 5.74) is 0.975. The Hall–Kier alpha value is -1.30. The SMILES string of the molecule is FC(F)(F)[C@H]1C[C@@H]1c1cc(Cl)nn2ccnc12. The van der Waals surface area contributed by atoms with Crippen molar-refractivity contribution >= 4 is 17.2 Å². The minimum atomic E-state index is -4.15. The first-order chi connectivity index (χ1) is 7.97. The van der Waals surface area contributed by atoms with Crippen molar-refractivity contribution in [3.05, 3.63) is 29.2 Å². The Morgan fingerprint density at radius 2 is 2.18 bits per heavy atom. The molecule has 0 aliphatic heterocycles. The number of imidazole rings is 1. The third-order valence-corrected chi connectivity index (χ3v) is 3.15. The highest BCUT2D eigenvalue weighted by Crippen LogP contribution is 2.56. The lowest BCUT2D eigenvalue weighted by atomic mass is 10.1. The predicted octanol–water partition coefficient (Wildman–Crippen LogP) is 3.05. The molecular weight excluding hydrogens is 255 g/mol. The van der Waals surface area contributed by atoms with Gasteiger partial charge in [-0.3, -0.25) is 0 Å². The molecule has 0 unspecified atom stereocenters. The van der Waals surface area contributed by atoms with Crippen molar-refractivity contribution in [2.75, 3.05) is 0 Å². The molecule has 90 valence electrons. The van der Waals surface area contributed by atoms with Crippen LogP contribution in [0.4, 0.5) is 13.2 Å². The van der Waals surface area contributed by atoms with Crippen LogP contribution in [0.2, 0.25) is 5.15 Å². The Balaban J connectivity index is 2.04. The molecule has 0 spiro atoms. The summed E-state index contributed by atoms with van der Waals surface area (Å²) >= 11 is 5.77. The summed E-state index contributed by atoms with van der Waals surface area (Å²) in [4.78, 5) is 4.01. The fourth-order valence-corrected chi connectivity index (χ4v) is 2.28. The Bertz CT molecular complexity index is 578. The van der Waals surface area contributed by atoms with Gasteiger partial charge in [0.05, 0.1) is 5.92 Å². The highest BCUT2D eigenvalue weighted by atomic mass is 35.5. The van der Waals surface area contributed by atoms with Crippen LogP contribution in [0.15, 0.2) is 18.5 Å². The smallest absolute Gasteiger partial charge is 0.235 e. The maximum absolute atomic E-state index is 12.5. The molecule has 0 N–H and O–H groups in total. The largest absolute Gasteiger partial charge is 0.392 e. The zero-order chi connectivity index (χ0) is 12.2. The maximum Gasteiger partial charge on any atom is 0.392 e. The number of alkyl halides is 3. The summed E-state index contributed by atoms with van der Waals surface area (Å²) in [7, 11) is 0. The third kappa shape index (κ3) is 1.76. The molecule has 2 atom stereocenters. The van der Waals surface area contributed by atoms with Gasteiger partial charge in [-0.15, -0.1) is 0 Å². The van der Waals surface area contributed by atoms with Crippen LogP contribution in [0.3, 0.4) is 0 Å². The fourth-order valence-electron chi connectivity index (χ4n) is 2.08. The van der Waals surface area contributed by atoms with Gasteiger partial charge in [0.1, 0.15) is 5.15 Å². The van der Waals surface area contributed by atoms with E-state index in [0.29, 0.717) is 11.2 Å². The molecule has 0 saturated heterocycles. The average molecular weight is 262 g/mol. The number of hydrogen-bond donors (Lipinski definition) is 0. The quantitative estimate of drug-likeness (QED) is 0.790. The number of hydrogen-bond acceptors (Lipinski definition) is 2. The fraction of sp³-hybridized carbons (Fsp3) is 0.400. The molecule has 1 aliphatic carbocycles. The van der Waals surface area contributed by atoms with Crippen molar-refractivity contribution < 1.29 is 13.2 Å². The minimum Gasteiger partial charge on any atom is -0.235 e. The van der Waals surface area contributed by atoms with Crippen LogP contribution >= 0.6 is 11.6 Å². The standard InChI is InChI=1S/C10H7ClF3N3/c11-8-4-6(5-3-7(5)10(12,13)14)9-15-1-2-17(9)16-8/h1-2,4-5,7H,3H2/t5-,7+/m1/s1. The normalized spacial score (nSPS) is 24.2. The van der Waals surface area contributed by atoms with Crippen molar-refractivity contribution in [2.24, 2.45) is 5.92 Å². The van der Waals surface area contributed by atoms with Gasteiger partial charge in [0.15, 0.2) is 5.65 Å². The maximum atomic E-state index is 12.5. The van der Waals surface area contributed by atoms with Gasteiger partial charge in [-0.1, -0.05) is 11.6 Å². The summed E-state index contributed by atoms with van der Waals surface area (Å²) in [6.07, 6.45) is -0.987. The van der Waals surface area contributed by atoms with Gasteiger partial charge in [-0.2, -0.15) is 18.3 Å². The van der Waals surface area contributed by atoms with Crippen LogP contribution < -0.4 is 0 Å². The van der Waals surface area contributed by atoms with E-state index >= 15 is 0 Å². The molecule has 17 heavy (non-hydrogen) atoms. The van der Waals surface area contributed by atoms with Crippen LogP contribution in [0.5, 0.6) is 0 Å². The van der Waals surface area contributed by atoms with Crippen molar-refractivity contribution in [1.82, 2.24) is 14.6 Å². The second-order valence-corrected chi connectivity index (χ2v) is 4.50. The van der Waals surface area contributed by atoms with Gasteiger partial charge in [0.25, 0.3) is 0 Å². The van der Waals surface area contributed by atoms with Crippen LogP contribution in [-0.4, -0.2) is 20.8 Å². The topological polar surface area (TPSA) is 30.2 Å². The summed E-state index contributed by atoms with van der Waals surface area (Å²) < 4.78 is 39.0. The second-order valence-electron chi connectivity index (χ2n) is 4.11. The monoisotopic (exact) mass is 261 g/mol. The Morgan fingerprint density at radius 3 is 2.82 bits per heavy atom. The molecular formula is C10H7ClF3N3. The Morgan fingerprint density at radius 1 is 1.41 bits per heavy atom. The molecule has 0 radical (unpaired) electrons. The van der Waals surface area contributed by atoms with E-state index in [0.717, 1.165) is 0 Å². The van der Waals surface area contributed by atoms with E-state index in [2.05, 4.69) is 10.1 Å². The Kier molecular flexibility index (Phi) is 2.13. The molecule has 3 nitrogen and oxygen atoms in total. The van der Waals surface area contributed by atoms with E-state index in [9.17, 15) is 13.2 Å². The Labute approximate surface area is 99.2 Å². The zero-order valence-electron chi connectivity index (χ0n) is 8.45. The van der Waals surface area contributed by atoms with Gasteiger partial charge < -0.3 is 0 Å². The van der Waals surface area contributed by atoms with E-state index < -0.39 is 18.0 Å². The van der Waals surface area contributed by atoms with Crippen molar-refractivity contribution in [3.63, 3.8) is 0 Å². The summed E-state index contributed by atoms with van der Waals surface area (Å²) in [6.45, 7) is 0. The van der Waals surface area contributed by atoms with Crippen LogP contribution in [0.25, 0.3) is 5.65 Å². The van der Waals surface area contributed by atoms with E-state index in [1.54, 1.807) is 6.20 Å². The van der Waals surface area contributed by atoms with Crippen molar-refractivity contribution in [2.45, 2.75) is 18.5 Å². The first kappa shape index (κ1) is 10.8. The van der Waals surface area contributed by atoms with E-state index in [-0.39, 0.29) is 11.6 Å². The molecule has 0 bridgehead atoms. The van der Waals surface area contributed by atoms with Crippen LogP contribution in [0.1, 0.15) is 17.9 Å². The highest BCUT2D eigenvalue weighted by Gasteiger charge is 2.56. The first-order valence-corrected chi connectivity index (χ1v) is 5.41. The summed E-state index contributed by atoms with van der Waals surface area (Å²) in [5.74, 6) is -1.82. The highest BCUT2D eigenvalue weighted by molar-refractivity contribution is 6.29. The summed E-state index contributed by atoms with van der Waals surface area (Å²) in [6, 6.07) is 1.47. The number of nitrogens with zero attached hydrogens (tertiary/aromatic N) is 3. The number of fused-ring (bicyclic) bond motifs is 1. The van der Waals surface area contributed by atoms with Crippen molar-refractivity contribution in [1.29, 1.82) is 0 Å². The lowest BCUT2D eigenvalue weighted by molar-refractivity contribution is -0.148. The zero-order valence-corrected chi connectivity index (χ0v) is 9.20. The molecule has 2 heterocycles. The molecule has 1 fully saturated rings. The van der Waals surface area contributed by atoms with Gasteiger partial charge >= 0.3 is 6.18 Å². The second kappa shape index (κ2) is 3.35. The van der Waals surface area contributed by atoms with Gasteiger partial charge in [0.2, 0.25) is 0 Å². The summed E-state index contributed by atoms with van der Waals surface area (Å²) in [5, 5.41) is 4.11. The molecule has 1 aliphatic rings. The third-order valence-electron chi connectivity index (χ3n) is 2.97. The van der Waals surface area contributed by atoms with Crippen LogP contribution in [-0.2, 0) is 0 Å². The van der Waals surface area contributed by atoms with Crippen molar-refractivity contribution in [3.8, 4) is 0 Å². The number of aromatic nitrogens is 3. The van der Waals surface area contributed by atoms with Gasteiger partial charge in [0, 0.05) is 18.0 Å². The molecule has 2 aromatic rings. The lowest BCUT2D eigenvalue weighted by Crippen LogP contribution is -2.11. The molecule has 0 aromatic carbocycles. The first-order valence-electron chi connectivity index (χ1n) is 5.03. The molecule has 3 rings (SSSR count). The molecule has 2 aromatic heterocycles. The number of halogens is 4. The average Bonchev–Trinajstić information content (AvgIpc) is 2.90.